The molecule has 1 atom stereocenters. The van der Waals surface area contributed by atoms with Crippen LogP contribution in [0.1, 0.15) is 48.1 Å². The number of hydrogen-bond donors (Lipinski definition) is 1. The Kier molecular flexibility index (Phi) is 4.08. The Morgan fingerprint density at radius 2 is 1.72 bits per heavy atom. The zero-order valence-electron chi connectivity index (χ0n) is 12.2. The zero-order valence-corrected chi connectivity index (χ0v) is 12.2. The highest BCUT2D eigenvalue weighted by Crippen LogP contribution is 2.27. The summed E-state index contributed by atoms with van der Waals surface area (Å²) in [6.45, 7) is 8.84. The van der Waals surface area contributed by atoms with Crippen LogP contribution in [-0.2, 0) is 4.74 Å². The van der Waals surface area contributed by atoms with Crippen LogP contribution < -0.4 is 5.32 Å². The minimum atomic E-state index is 0.423. The van der Waals surface area contributed by atoms with Crippen LogP contribution in [0.5, 0.6) is 0 Å². The number of rotatable bonds is 4. The standard InChI is InChI=1S/C16H25NO/c1-10-6-12(3)16(7-11(10)2)13(4)17-14-8-15(9-14)18-5/h6-7,13-15,17H,8-9H2,1-5H3. The maximum Gasteiger partial charge on any atom is 0.0601 e. The van der Waals surface area contributed by atoms with E-state index in [9.17, 15) is 0 Å². The van der Waals surface area contributed by atoms with Gasteiger partial charge in [0.25, 0.3) is 0 Å². The van der Waals surface area contributed by atoms with Gasteiger partial charge in [0.1, 0.15) is 0 Å². The summed E-state index contributed by atoms with van der Waals surface area (Å²) in [5.41, 5.74) is 5.58. The lowest BCUT2D eigenvalue weighted by atomic mass is 9.87. The van der Waals surface area contributed by atoms with Crippen LogP contribution in [0.15, 0.2) is 12.1 Å². The van der Waals surface area contributed by atoms with Gasteiger partial charge < -0.3 is 10.1 Å². The molecule has 0 aromatic heterocycles. The van der Waals surface area contributed by atoms with Crippen molar-refractivity contribution < 1.29 is 4.74 Å². The quantitative estimate of drug-likeness (QED) is 0.880. The Hall–Kier alpha value is -0.860. The molecule has 0 aliphatic heterocycles. The molecule has 1 fully saturated rings. The fourth-order valence-corrected chi connectivity index (χ4v) is 2.79. The van der Waals surface area contributed by atoms with E-state index in [1.807, 2.05) is 0 Å². The van der Waals surface area contributed by atoms with Crippen LogP contribution in [0.3, 0.4) is 0 Å². The van der Waals surface area contributed by atoms with Gasteiger partial charge >= 0.3 is 0 Å². The van der Waals surface area contributed by atoms with E-state index in [4.69, 9.17) is 4.74 Å². The first-order valence-electron chi connectivity index (χ1n) is 6.88. The van der Waals surface area contributed by atoms with E-state index in [1.54, 1.807) is 7.11 Å². The molecule has 0 radical (unpaired) electrons. The van der Waals surface area contributed by atoms with Crippen molar-refractivity contribution in [1.82, 2.24) is 5.32 Å². The average Bonchev–Trinajstić information content (AvgIpc) is 2.27. The van der Waals surface area contributed by atoms with Gasteiger partial charge in [0.2, 0.25) is 0 Å². The first-order valence-corrected chi connectivity index (χ1v) is 6.88. The van der Waals surface area contributed by atoms with E-state index in [0.29, 0.717) is 18.2 Å². The highest BCUT2D eigenvalue weighted by Gasteiger charge is 2.30. The third kappa shape index (κ3) is 2.76. The Balaban J connectivity index is 2.01. The zero-order chi connectivity index (χ0) is 13.3. The first-order chi connectivity index (χ1) is 8.51. The molecule has 0 bridgehead atoms. The van der Waals surface area contributed by atoms with Crippen molar-refractivity contribution in [3.05, 3.63) is 34.4 Å². The third-order valence-corrected chi connectivity index (χ3v) is 4.26. The molecule has 0 spiro atoms. The van der Waals surface area contributed by atoms with E-state index < -0.39 is 0 Å². The smallest absolute Gasteiger partial charge is 0.0601 e. The number of methoxy groups -OCH3 is 1. The molecule has 2 nitrogen and oxygen atoms in total. The summed E-state index contributed by atoms with van der Waals surface area (Å²) in [5, 5.41) is 3.70. The molecule has 0 saturated heterocycles. The average molecular weight is 247 g/mol. The second-order valence-corrected chi connectivity index (χ2v) is 5.71. The molecule has 1 aromatic carbocycles. The van der Waals surface area contributed by atoms with Crippen molar-refractivity contribution in [2.75, 3.05) is 7.11 Å². The molecule has 2 heteroatoms. The van der Waals surface area contributed by atoms with Gasteiger partial charge in [-0.2, -0.15) is 0 Å². The van der Waals surface area contributed by atoms with Gasteiger partial charge in [0.15, 0.2) is 0 Å². The van der Waals surface area contributed by atoms with Crippen molar-refractivity contribution in [2.45, 2.75) is 58.7 Å². The molecule has 18 heavy (non-hydrogen) atoms. The molecular weight excluding hydrogens is 222 g/mol. The van der Waals surface area contributed by atoms with Crippen LogP contribution in [0.25, 0.3) is 0 Å². The van der Waals surface area contributed by atoms with Crippen molar-refractivity contribution in [3.63, 3.8) is 0 Å². The van der Waals surface area contributed by atoms with Crippen LogP contribution >= 0.6 is 0 Å². The topological polar surface area (TPSA) is 21.3 Å². The summed E-state index contributed by atoms with van der Waals surface area (Å²) < 4.78 is 5.32. The van der Waals surface area contributed by atoms with Gasteiger partial charge in [0, 0.05) is 19.2 Å². The van der Waals surface area contributed by atoms with Gasteiger partial charge in [0.05, 0.1) is 6.10 Å². The van der Waals surface area contributed by atoms with E-state index in [2.05, 4.69) is 45.1 Å². The van der Waals surface area contributed by atoms with Crippen LogP contribution in [-0.4, -0.2) is 19.3 Å². The Morgan fingerprint density at radius 1 is 1.11 bits per heavy atom. The minimum absolute atomic E-state index is 0.423. The van der Waals surface area contributed by atoms with Crippen molar-refractivity contribution in [3.8, 4) is 0 Å². The summed E-state index contributed by atoms with van der Waals surface area (Å²) in [6.07, 6.45) is 2.76. The molecule has 100 valence electrons. The van der Waals surface area contributed by atoms with Gasteiger partial charge in [-0.1, -0.05) is 12.1 Å². The summed E-state index contributed by atoms with van der Waals surface area (Å²) in [6, 6.07) is 5.66. The van der Waals surface area contributed by atoms with Gasteiger partial charge in [-0.25, -0.2) is 0 Å². The summed E-state index contributed by atoms with van der Waals surface area (Å²) in [4.78, 5) is 0. The number of aryl methyl sites for hydroxylation is 3. The molecule has 1 unspecified atom stereocenters. The van der Waals surface area contributed by atoms with Gasteiger partial charge in [-0.05, 0) is 62.8 Å². The van der Waals surface area contributed by atoms with E-state index in [0.717, 1.165) is 12.8 Å². The Bertz CT molecular complexity index is 421. The lowest BCUT2D eigenvalue weighted by Gasteiger charge is -2.37. The van der Waals surface area contributed by atoms with Crippen molar-refractivity contribution in [2.24, 2.45) is 0 Å². The second-order valence-electron chi connectivity index (χ2n) is 5.71. The van der Waals surface area contributed by atoms with E-state index in [-0.39, 0.29) is 0 Å². The maximum absolute atomic E-state index is 5.32. The normalized spacial score (nSPS) is 24.7. The lowest BCUT2D eigenvalue weighted by molar-refractivity contribution is 0.0147. The molecule has 1 aliphatic rings. The number of benzene rings is 1. The number of hydrogen-bond acceptors (Lipinski definition) is 2. The number of ether oxygens (including phenoxy) is 1. The lowest BCUT2D eigenvalue weighted by Crippen LogP contribution is -2.45. The predicted octanol–water partition coefficient (Wildman–Crippen LogP) is 3.44. The predicted molar refractivity (Wildman–Crippen MR) is 76.0 cm³/mol. The minimum Gasteiger partial charge on any atom is -0.381 e. The van der Waals surface area contributed by atoms with Crippen molar-refractivity contribution in [1.29, 1.82) is 0 Å². The molecule has 0 heterocycles. The monoisotopic (exact) mass is 247 g/mol. The van der Waals surface area contributed by atoms with Crippen LogP contribution in [0.4, 0.5) is 0 Å². The second kappa shape index (κ2) is 5.41. The maximum atomic E-state index is 5.32. The first kappa shape index (κ1) is 13.6. The highest BCUT2D eigenvalue weighted by molar-refractivity contribution is 5.38. The Morgan fingerprint density at radius 3 is 2.33 bits per heavy atom. The Labute approximate surface area is 111 Å². The summed E-state index contributed by atoms with van der Waals surface area (Å²) in [7, 11) is 1.80. The molecule has 1 N–H and O–H groups in total. The highest BCUT2D eigenvalue weighted by atomic mass is 16.5. The largest absolute Gasteiger partial charge is 0.381 e. The summed E-state index contributed by atoms with van der Waals surface area (Å²) in [5.74, 6) is 0. The van der Waals surface area contributed by atoms with Crippen molar-refractivity contribution >= 4 is 0 Å². The molecular formula is C16H25NO. The van der Waals surface area contributed by atoms with Crippen LogP contribution in [0.2, 0.25) is 0 Å². The SMILES string of the molecule is COC1CC(NC(C)c2cc(C)c(C)cc2C)C1. The molecule has 1 saturated carbocycles. The molecule has 1 aliphatic carbocycles. The van der Waals surface area contributed by atoms with E-state index >= 15 is 0 Å². The molecule has 0 amide bonds. The van der Waals surface area contributed by atoms with Crippen LogP contribution in [0, 0.1) is 20.8 Å². The fourth-order valence-electron chi connectivity index (χ4n) is 2.79. The van der Waals surface area contributed by atoms with Gasteiger partial charge in [-0.3, -0.25) is 0 Å². The van der Waals surface area contributed by atoms with Gasteiger partial charge in [-0.15, -0.1) is 0 Å². The molecule has 1 aromatic rings. The third-order valence-electron chi connectivity index (χ3n) is 4.26. The fraction of sp³-hybridized carbons (Fsp3) is 0.625. The summed E-state index contributed by atoms with van der Waals surface area (Å²) >= 11 is 0. The molecule has 2 rings (SSSR count). The number of nitrogens with one attached hydrogen (secondary N) is 1. The van der Waals surface area contributed by atoms with E-state index in [1.165, 1.54) is 22.3 Å².